The molecule has 0 bridgehead atoms. The normalized spacial score (nSPS) is 20.6. The number of aliphatic hydroxyl groups excluding tert-OH is 1. The van der Waals surface area contributed by atoms with Crippen molar-refractivity contribution in [3.63, 3.8) is 0 Å². The second kappa shape index (κ2) is 6.52. The van der Waals surface area contributed by atoms with E-state index in [-0.39, 0.29) is 18.6 Å². The lowest BCUT2D eigenvalue weighted by Gasteiger charge is -2.18. The molecule has 0 aliphatic carbocycles. The van der Waals surface area contributed by atoms with Gasteiger partial charge in [0, 0.05) is 6.42 Å². The van der Waals surface area contributed by atoms with Crippen LogP contribution in [-0.4, -0.2) is 30.7 Å². The van der Waals surface area contributed by atoms with Crippen LogP contribution in [0, 0.1) is 5.92 Å². The van der Waals surface area contributed by atoms with Crippen molar-refractivity contribution in [1.29, 1.82) is 0 Å². The maximum Gasteiger partial charge on any atom is 0.220 e. The molecule has 2 atom stereocenters. The molecule has 0 saturated carbocycles. The summed E-state index contributed by atoms with van der Waals surface area (Å²) in [5, 5.41) is 15.5. The van der Waals surface area contributed by atoms with Crippen LogP contribution in [0.5, 0.6) is 0 Å². The number of carbonyl (C=O) groups is 1. The van der Waals surface area contributed by atoms with Gasteiger partial charge in [-0.1, -0.05) is 30.3 Å². The van der Waals surface area contributed by atoms with Crippen LogP contribution in [0.3, 0.4) is 0 Å². The van der Waals surface area contributed by atoms with Gasteiger partial charge >= 0.3 is 0 Å². The van der Waals surface area contributed by atoms with E-state index in [4.69, 9.17) is 0 Å². The fraction of sp³-hybridized carbons (Fsp3) is 0.500. The smallest absolute Gasteiger partial charge is 0.220 e. The van der Waals surface area contributed by atoms with Crippen LogP contribution in [0.1, 0.15) is 24.4 Å². The molecule has 1 aliphatic heterocycles. The molecule has 1 heterocycles. The standard InChI is InChI=1S/C14H20N2O2/c17-10-13(12-4-2-1-3-5-12)16-14(18)8-11-6-7-15-9-11/h1-5,11,13,15,17H,6-10H2,(H,16,18)/t11?,13-/m1/s1. The van der Waals surface area contributed by atoms with E-state index in [1.54, 1.807) is 0 Å². The molecule has 1 amide bonds. The first-order valence-corrected chi connectivity index (χ1v) is 6.45. The Labute approximate surface area is 107 Å². The number of carbonyl (C=O) groups excluding carboxylic acids is 1. The summed E-state index contributed by atoms with van der Waals surface area (Å²) in [5.41, 5.74) is 0.942. The molecule has 0 spiro atoms. The molecular formula is C14H20N2O2. The van der Waals surface area contributed by atoms with Gasteiger partial charge in [0.15, 0.2) is 0 Å². The molecule has 1 fully saturated rings. The van der Waals surface area contributed by atoms with E-state index in [9.17, 15) is 9.90 Å². The molecule has 98 valence electrons. The molecule has 2 rings (SSSR count). The van der Waals surface area contributed by atoms with Crippen molar-refractivity contribution in [3.05, 3.63) is 35.9 Å². The first-order chi connectivity index (χ1) is 8.79. The van der Waals surface area contributed by atoms with Crippen molar-refractivity contribution >= 4 is 5.91 Å². The van der Waals surface area contributed by atoms with Crippen molar-refractivity contribution < 1.29 is 9.90 Å². The molecule has 0 radical (unpaired) electrons. The van der Waals surface area contributed by atoms with Gasteiger partial charge in [-0.3, -0.25) is 4.79 Å². The maximum atomic E-state index is 11.9. The number of amides is 1. The Morgan fingerprint density at radius 1 is 1.44 bits per heavy atom. The first-order valence-electron chi connectivity index (χ1n) is 6.45. The molecule has 1 unspecified atom stereocenters. The molecule has 1 saturated heterocycles. The van der Waals surface area contributed by atoms with Gasteiger partial charge in [-0.25, -0.2) is 0 Å². The topological polar surface area (TPSA) is 61.4 Å². The fourth-order valence-corrected chi connectivity index (χ4v) is 2.32. The molecule has 1 aromatic rings. The Bertz CT molecular complexity index is 375. The fourth-order valence-electron chi connectivity index (χ4n) is 2.32. The summed E-state index contributed by atoms with van der Waals surface area (Å²) in [6.45, 7) is 1.85. The van der Waals surface area contributed by atoms with E-state index < -0.39 is 0 Å². The number of aliphatic hydroxyl groups is 1. The highest BCUT2D eigenvalue weighted by Gasteiger charge is 2.20. The third-order valence-corrected chi connectivity index (χ3v) is 3.36. The highest BCUT2D eigenvalue weighted by Crippen LogP contribution is 2.15. The number of rotatable bonds is 5. The third-order valence-electron chi connectivity index (χ3n) is 3.36. The van der Waals surface area contributed by atoms with Crippen LogP contribution in [-0.2, 0) is 4.79 Å². The third kappa shape index (κ3) is 3.55. The molecule has 18 heavy (non-hydrogen) atoms. The van der Waals surface area contributed by atoms with E-state index in [2.05, 4.69) is 10.6 Å². The van der Waals surface area contributed by atoms with E-state index in [0.29, 0.717) is 12.3 Å². The van der Waals surface area contributed by atoms with Gasteiger partial charge in [-0.2, -0.15) is 0 Å². The maximum absolute atomic E-state index is 11.9. The zero-order valence-electron chi connectivity index (χ0n) is 10.4. The number of nitrogens with one attached hydrogen (secondary N) is 2. The van der Waals surface area contributed by atoms with E-state index in [1.807, 2.05) is 30.3 Å². The van der Waals surface area contributed by atoms with Crippen LogP contribution >= 0.6 is 0 Å². The highest BCUT2D eigenvalue weighted by atomic mass is 16.3. The minimum atomic E-state index is -0.298. The summed E-state index contributed by atoms with van der Waals surface area (Å²) in [6.07, 6.45) is 1.60. The van der Waals surface area contributed by atoms with Gasteiger partial charge < -0.3 is 15.7 Å². The Morgan fingerprint density at radius 3 is 2.83 bits per heavy atom. The van der Waals surface area contributed by atoms with Crippen molar-refractivity contribution in [2.45, 2.75) is 18.9 Å². The summed E-state index contributed by atoms with van der Waals surface area (Å²) >= 11 is 0. The van der Waals surface area contributed by atoms with Gasteiger partial charge in [0.25, 0.3) is 0 Å². The molecule has 3 N–H and O–H groups in total. The van der Waals surface area contributed by atoms with E-state index in [1.165, 1.54) is 0 Å². The lowest BCUT2D eigenvalue weighted by Crippen LogP contribution is -2.32. The summed E-state index contributed by atoms with van der Waals surface area (Å²) in [5.74, 6) is 0.451. The average molecular weight is 248 g/mol. The highest BCUT2D eigenvalue weighted by molar-refractivity contribution is 5.76. The lowest BCUT2D eigenvalue weighted by molar-refractivity contribution is -0.123. The lowest BCUT2D eigenvalue weighted by atomic mass is 10.0. The van der Waals surface area contributed by atoms with Gasteiger partial charge in [0.2, 0.25) is 5.91 Å². The van der Waals surface area contributed by atoms with Crippen LogP contribution < -0.4 is 10.6 Å². The predicted octanol–water partition coefficient (Wildman–Crippen LogP) is 0.836. The molecular weight excluding hydrogens is 228 g/mol. The van der Waals surface area contributed by atoms with Crippen molar-refractivity contribution in [2.75, 3.05) is 19.7 Å². The van der Waals surface area contributed by atoms with Crippen molar-refractivity contribution in [2.24, 2.45) is 5.92 Å². The Balaban J connectivity index is 1.87. The predicted molar refractivity (Wildman–Crippen MR) is 70.0 cm³/mol. The van der Waals surface area contributed by atoms with Gasteiger partial charge in [0.1, 0.15) is 0 Å². The van der Waals surface area contributed by atoms with E-state index in [0.717, 1.165) is 25.1 Å². The van der Waals surface area contributed by atoms with Crippen LogP contribution in [0.4, 0.5) is 0 Å². The van der Waals surface area contributed by atoms with Crippen LogP contribution in [0.25, 0.3) is 0 Å². The van der Waals surface area contributed by atoms with Crippen molar-refractivity contribution in [1.82, 2.24) is 10.6 Å². The van der Waals surface area contributed by atoms with Gasteiger partial charge in [0.05, 0.1) is 12.6 Å². The minimum Gasteiger partial charge on any atom is -0.394 e. The summed E-state index contributed by atoms with van der Waals surface area (Å²) in [7, 11) is 0. The second-order valence-electron chi connectivity index (χ2n) is 4.78. The van der Waals surface area contributed by atoms with Crippen LogP contribution in [0.2, 0.25) is 0 Å². The number of benzene rings is 1. The SMILES string of the molecule is O=C(CC1CCNC1)N[C@H](CO)c1ccccc1. The molecule has 1 aliphatic rings. The zero-order valence-corrected chi connectivity index (χ0v) is 10.4. The molecule has 0 aromatic heterocycles. The van der Waals surface area contributed by atoms with Gasteiger partial charge in [-0.15, -0.1) is 0 Å². The summed E-state index contributed by atoms with van der Waals surface area (Å²) < 4.78 is 0. The van der Waals surface area contributed by atoms with E-state index >= 15 is 0 Å². The zero-order chi connectivity index (χ0) is 12.8. The van der Waals surface area contributed by atoms with Gasteiger partial charge in [-0.05, 0) is 31.0 Å². The molecule has 4 heteroatoms. The first kappa shape index (κ1) is 13.1. The Hall–Kier alpha value is -1.39. The monoisotopic (exact) mass is 248 g/mol. The van der Waals surface area contributed by atoms with Crippen LogP contribution in [0.15, 0.2) is 30.3 Å². The Morgan fingerprint density at radius 2 is 2.22 bits per heavy atom. The number of hydrogen-bond acceptors (Lipinski definition) is 3. The quantitative estimate of drug-likeness (QED) is 0.723. The van der Waals surface area contributed by atoms with Crippen molar-refractivity contribution in [3.8, 4) is 0 Å². The molecule has 1 aromatic carbocycles. The minimum absolute atomic E-state index is 0.0200. The summed E-state index contributed by atoms with van der Waals surface area (Å²) in [6, 6.07) is 9.27. The average Bonchev–Trinajstić information content (AvgIpc) is 2.90. The number of hydrogen-bond donors (Lipinski definition) is 3. The largest absolute Gasteiger partial charge is 0.394 e. The second-order valence-corrected chi connectivity index (χ2v) is 4.78. The summed E-state index contributed by atoms with van der Waals surface area (Å²) in [4.78, 5) is 11.9. The Kier molecular flexibility index (Phi) is 4.73. The molecule has 4 nitrogen and oxygen atoms in total.